The molecule has 3 aliphatic rings. The van der Waals surface area contributed by atoms with Crippen LogP contribution in [0.2, 0.25) is 0 Å². The zero-order valence-electron chi connectivity index (χ0n) is 15.7. The molecular weight excluding hydrogens is 348 g/mol. The number of carbonyl (C=O) groups excluding carboxylic acids is 1. The molecule has 3 saturated heterocycles. The minimum Gasteiger partial charge on any atom is -0.373 e. The Bertz CT molecular complexity index is 603. The monoisotopic (exact) mass is 378 g/mol. The van der Waals surface area contributed by atoms with Gasteiger partial charge in [0.25, 0.3) is 0 Å². The van der Waals surface area contributed by atoms with Crippen LogP contribution in [-0.4, -0.2) is 43.6 Å². The lowest BCUT2D eigenvalue weighted by molar-refractivity contribution is -0.147. The highest BCUT2D eigenvalue weighted by atomic mass is 35.5. The molecular formula is C21H31ClN2O2. The van der Waals surface area contributed by atoms with Crippen molar-refractivity contribution >= 4 is 18.3 Å². The second-order valence-electron chi connectivity index (χ2n) is 8.20. The number of piperidine rings is 1. The molecule has 5 heteroatoms. The van der Waals surface area contributed by atoms with E-state index in [0.29, 0.717) is 11.3 Å². The molecule has 3 fully saturated rings. The van der Waals surface area contributed by atoms with Crippen LogP contribution in [0.4, 0.5) is 0 Å². The zero-order chi connectivity index (χ0) is 17.3. The lowest BCUT2D eigenvalue weighted by Gasteiger charge is -2.41. The van der Waals surface area contributed by atoms with Gasteiger partial charge in [-0.05, 0) is 56.6 Å². The van der Waals surface area contributed by atoms with Crippen LogP contribution < -0.4 is 5.32 Å². The van der Waals surface area contributed by atoms with Gasteiger partial charge in [0.05, 0.1) is 12.0 Å². The maximum atomic E-state index is 13.2. The molecule has 1 amide bonds. The number of aryl methyl sites for hydroxylation is 1. The van der Waals surface area contributed by atoms with Gasteiger partial charge in [-0.1, -0.05) is 29.8 Å². The summed E-state index contributed by atoms with van der Waals surface area (Å²) in [5, 5.41) is 3.50. The minimum atomic E-state index is -0.0779. The zero-order valence-corrected chi connectivity index (χ0v) is 16.5. The number of nitrogens with one attached hydrogen (secondary N) is 1. The van der Waals surface area contributed by atoms with Crippen LogP contribution in [0.15, 0.2) is 24.3 Å². The SMILES string of the molecule is Cc1ccc(C2OCCCC2C(=O)N2CCC3(CCNC3)CC2)cc1.Cl. The van der Waals surface area contributed by atoms with Crippen molar-refractivity contribution in [3.8, 4) is 0 Å². The third-order valence-corrected chi connectivity index (χ3v) is 6.51. The molecule has 0 aliphatic carbocycles. The average molecular weight is 379 g/mol. The first-order valence-corrected chi connectivity index (χ1v) is 9.85. The van der Waals surface area contributed by atoms with Crippen LogP contribution in [0.1, 0.15) is 49.3 Å². The molecule has 3 aliphatic heterocycles. The van der Waals surface area contributed by atoms with Crippen molar-refractivity contribution in [3.63, 3.8) is 0 Å². The third-order valence-electron chi connectivity index (χ3n) is 6.51. The van der Waals surface area contributed by atoms with E-state index in [1.54, 1.807) is 0 Å². The Kier molecular flexibility index (Phi) is 6.26. The number of hydrogen-bond acceptors (Lipinski definition) is 3. The summed E-state index contributed by atoms with van der Waals surface area (Å²) in [5.74, 6) is 0.290. The molecule has 0 saturated carbocycles. The summed E-state index contributed by atoms with van der Waals surface area (Å²) in [6.45, 7) is 6.95. The number of carbonyl (C=O) groups is 1. The number of rotatable bonds is 2. The van der Waals surface area contributed by atoms with Crippen LogP contribution in [0.3, 0.4) is 0 Å². The summed E-state index contributed by atoms with van der Waals surface area (Å²) < 4.78 is 6.06. The van der Waals surface area contributed by atoms with Crippen LogP contribution >= 0.6 is 12.4 Å². The van der Waals surface area contributed by atoms with E-state index in [4.69, 9.17) is 4.74 Å². The van der Waals surface area contributed by atoms with Crippen LogP contribution in [-0.2, 0) is 9.53 Å². The highest BCUT2D eigenvalue weighted by molar-refractivity contribution is 5.85. The van der Waals surface area contributed by atoms with Gasteiger partial charge in [-0.15, -0.1) is 12.4 Å². The van der Waals surface area contributed by atoms with Gasteiger partial charge in [0.1, 0.15) is 0 Å². The Balaban J connectivity index is 0.00000196. The minimum absolute atomic E-state index is 0. The Morgan fingerprint density at radius 1 is 1.19 bits per heavy atom. The third kappa shape index (κ3) is 3.92. The van der Waals surface area contributed by atoms with Gasteiger partial charge in [0.2, 0.25) is 5.91 Å². The van der Waals surface area contributed by atoms with E-state index in [1.807, 2.05) is 0 Å². The highest BCUT2D eigenvalue weighted by Gasteiger charge is 2.41. The van der Waals surface area contributed by atoms with Gasteiger partial charge < -0.3 is 15.0 Å². The highest BCUT2D eigenvalue weighted by Crippen LogP contribution is 2.39. The lowest BCUT2D eigenvalue weighted by Crippen LogP contribution is -2.47. The van der Waals surface area contributed by atoms with Gasteiger partial charge in [-0.2, -0.15) is 0 Å². The molecule has 4 nitrogen and oxygen atoms in total. The predicted molar refractivity (Wildman–Crippen MR) is 106 cm³/mol. The maximum Gasteiger partial charge on any atom is 0.228 e. The lowest BCUT2D eigenvalue weighted by atomic mass is 9.77. The van der Waals surface area contributed by atoms with Gasteiger partial charge in [0.15, 0.2) is 0 Å². The summed E-state index contributed by atoms with van der Waals surface area (Å²) in [6.07, 6.45) is 5.42. The van der Waals surface area contributed by atoms with E-state index in [1.165, 1.54) is 12.0 Å². The Labute approximate surface area is 163 Å². The molecule has 1 aromatic rings. The van der Waals surface area contributed by atoms with Crippen molar-refractivity contribution in [1.82, 2.24) is 10.2 Å². The summed E-state index contributed by atoms with van der Waals surface area (Å²) >= 11 is 0. The van der Waals surface area contributed by atoms with Gasteiger partial charge in [0, 0.05) is 26.2 Å². The second-order valence-corrected chi connectivity index (χ2v) is 8.20. The number of hydrogen-bond donors (Lipinski definition) is 1. The first-order chi connectivity index (χ1) is 12.2. The average Bonchev–Trinajstić information content (AvgIpc) is 3.10. The molecule has 0 radical (unpaired) electrons. The van der Waals surface area contributed by atoms with E-state index in [2.05, 4.69) is 41.4 Å². The Morgan fingerprint density at radius 2 is 1.92 bits per heavy atom. The second kappa shape index (κ2) is 8.28. The maximum absolute atomic E-state index is 13.2. The van der Waals surface area contributed by atoms with E-state index in [0.717, 1.165) is 64.0 Å². The number of ether oxygens (including phenoxy) is 1. The van der Waals surface area contributed by atoms with Crippen molar-refractivity contribution in [2.24, 2.45) is 11.3 Å². The number of nitrogens with zero attached hydrogens (tertiary/aromatic N) is 1. The topological polar surface area (TPSA) is 41.6 Å². The molecule has 144 valence electrons. The molecule has 1 aromatic carbocycles. The summed E-state index contributed by atoms with van der Waals surface area (Å²) in [7, 11) is 0. The summed E-state index contributed by atoms with van der Waals surface area (Å²) in [6, 6.07) is 8.49. The van der Waals surface area contributed by atoms with Gasteiger partial charge >= 0.3 is 0 Å². The van der Waals surface area contributed by atoms with Crippen LogP contribution in [0.5, 0.6) is 0 Å². The molecule has 0 aromatic heterocycles. The normalized spacial score (nSPS) is 28.0. The first kappa shape index (κ1) is 19.7. The van der Waals surface area contributed by atoms with Gasteiger partial charge in [-0.25, -0.2) is 0 Å². The molecule has 4 rings (SSSR count). The molecule has 3 heterocycles. The smallest absolute Gasteiger partial charge is 0.228 e. The summed E-state index contributed by atoms with van der Waals surface area (Å²) in [5.41, 5.74) is 2.85. The number of benzene rings is 1. The Morgan fingerprint density at radius 3 is 2.58 bits per heavy atom. The molecule has 1 spiro atoms. The number of amides is 1. The Hall–Kier alpha value is -1.10. The van der Waals surface area contributed by atoms with Crippen molar-refractivity contribution < 1.29 is 9.53 Å². The molecule has 1 N–H and O–H groups in total. The molecule has 2 unspecified atom stereocenters. The molecule has 0 bridgehead atoms. The summed E-state index contributed by atoms with van der Waals surface area (Å²) in [4.78, 5) is 15.4. The van der Waals surface area contributed by atoms with Crippen molar-refractivity contribution in [2.45, 2.75) is 45.1 Å². The fraction of sp³-hybridized carbons (Fsp3) is 0.667. The van der Waals surface area contributed by atoms with E-state index in [9.17, 15) is 4.79 Å². The van der Waals surface area contributed by atoms with E-state index in [-0.39, 0.29) is 24.4 Å². The number of halogens is 1. The fourth-order valence-corrected chi connectivity index (χ4v) is 4.78. The van der Waals surface area contributed by atoms with E-state index < -0.39 is 0 Å². The van der Waals surface area contributed by atoms with Gasteiger partial charge in [-0.3, -0.25) is 4.79 Å². The fourth-order valence-electron chi connectivity index (χ4n) is 4.78. The van der Waals surface area contributed by atoms with Crippen LogP contribution in [0.25, 0.3) is 0 Å². The molecule has 2 atom stereocenters. The first-order valence-electron chi connectivity index (χ1n) is 9.85. The number of likely N-dealkylation sites (tertiary alicyclic amines) is 1. The molecule has 26 heavy (non-hydrogen) atoms. The standard InChI is InChI=1S/C21H30N2O2.ClH/c1-16-4-6-17(7-5-16)19-18(3-2-14-25-19)20(24)23-12-9-21(10-13-23)8-11-22-15-21;/h4-7,18-19,22H,2-3,8-15H2,1H3;1H. The quantitative estimate of drug-likeness (QED) is 0.856. The van der Waals surface area contributed by atoms with E-state index >= 15 is 0 Å². The van der Waals surface area contributed by atoms with Crippen molar-refractivity contribution in [2.75, 3.05) is 32.8 Å². The van der Waals surface area contributed by atoms with Crippen molar-refractivity contribution in [3.05, 3.63) is 35.4 Å². The predicted octanol–water partition coefficient (Wildman–Crippen LogP) is 3.49. The van der Waals surface area contributed by atoms with Crippen LogP contribution in [0, 0.1) is 18.3 Å². The van der Waals surface area contributed by atoms with Crippen molar-refractivity contribution in [1.29, 1.82) is 0 Å². The largest absolute Gasteiger partial charge is 0.373 e.